The highest BCUT2D eigenvalue weighted by Gasteiger charge is 2.46. The summed E-state index contributed by atoms with van der Waals surface area (Å²) >= 11 is 11.9. The van der Waals surface area contributed by atoms with Crippen LogP contribution in [0.1, 0.15) is 70.4 Å². The number of guanidine groups is 1. The van der Waals surface area contributed by atoms with Crippen LogP contribution in [0, 0.1) is 5.41 Å². The number of carbonyl (C=O) groups excluding carboxylic acids is 1. The Hall–Kier alpha value is -9.56. The number of anilines is 6. The molecule has 26 nitrogen and oxygen atoms in total. The van der Waals surface area contributed by atoms with E-state index in [1.165, 1.54) is 48.5 Å². The molecule has 2 aliphatic rings. The zero-order chi connectivity index (χ0) is 62.3. The van der Waals surface area contributed by atoms with Crippen molar-refractivity contribution in [3.05, 3.63) is 129 Å². The van der Waals surface area contributed by atoms with E-state index >= 15 is 0 Å². The van der Waals surface area contributed by atoms with Crippen molar-refractivity contribution in [2.75, 3.05) is 41.0 Å². The van der Waals surface area contributed by atoms with Crippen LogP contribution in [-0.2, 0) is 20.7 Å². The van der Waals surface area contributed by atoms with Crippen molar-refractivity contribution >= 4 is 94.0 Å². The number of carboxylic acid groups (broad SMARTS) is 3. The van der Waals surface area contributed by atoms with Crippen LogP contribution in [0.3, 0.4) is 0 Å². The number of hydrogen-bond donors (Lipinski definition) is 13. The molecule has 8 rings (SSSR count). The first-order chi connectivity index (χ1) is 40.0. The lowest BCUT2D eigenvalue weighted by Gasteiger charge is -2.19. The number of halogens is 8. The van der Waals surface area contributed by atoms with Crippen LogP contribution in [0.15, 0.2) is 102 Å². The summed E-state index contributed by atoms with van der Waals surface area (Å²) in [6.45, 7) is -3.54. The second kappa shape index (κ2) is 28.1. The summed E-state index contributed by atoms with van der Waals surface area (Å²) in [4.78, 5) is 73.0. The number of alkyl halides is 6. The largest absolute Gasteiger partial charge is 0.480 e. The van der Waals surface area contributed by atoms with Gasteiger partial charge in [-0.1, -0.05) is 47.5 Å². The molecule has 17 N–H and O–H groups in total. The number of amides is 1. The van der Waals surface area contributed by atoms with E-state index < -0.39 is 84.6 Å². The molecule has 0 saturated heterocycles. The summed E-state index contributed by atoms with van der Waals surface area (Å²) in [6, 6.07) is 22.4. The van der Waals surface area contributed by atoms with Gasteiger partial charge in [0.05, 0.1) is 29.0 Å². The van der Waals surface area contributed by atoms with Crippen LogP contribution in [0.2, 0.25) is 10.0 Å². The zero-order valence-corrected chi connectivity index (χ0v) is 45.5. The van der Waals surface area contributed by atoms with Gasteiger partial charge in [-0.3, -0.25) is 20.0 Å². The number of ether oxygens (including phenoxy) is 2. The molecule has 34 heteroatoms. The van der Waals surface area contributed by atoms with E-state index in [1.807, 2.05) is 24.3 Å². The lowest BCUT2D eigenvalue weighted by Crippen LogP contribution is -2.43. The highest BCUT2D eigenvalue weighted by Crippen LogP contribution is 2.49. The van der Waals surface area contributed by atoms with Crippen molar-refractivity contribution in [2.45, 2.75) is 74.0 Å². The molecule has 2 saturated carbocycles. The molecular weight excluding hydrogens is 1180 g/mol. The van der Waals surface area contributed by atoms with Crippen LogP contribution in [0.4, 0.5) is 61.5 Å². The summed E-state index contributed by atoms with van der Waals surface area (Å²) in [5, 5.41) is 48.8. The fourth-order valence-electron chi connectivity index (χ4n) is 7.26. The first-order valence-corrected chi connectivity index (χ1v) is 25.6. The minimum atomic E-state index is -4.62. The number of carboxylic acids is 3. The summed E-state index contributed by atoms with van der Waals surface area (Å²) < 4.78 is 85.9. The third-order valence-corrected chi connectivity index (χ3v) is 12.4. The zero-order valence-electron chi connectivity index (χ0n) is 44.0. The molecular formula is C51H53Cl2F6N17O9. The topological polar surface area (TPSA) is 425 Å². The number of aromatic nitrogens is 6. The van der Waals surface area contributed by atoms with Crippen molar-refractivity contribution < 1.29 is 70.3 Å². The Morgan fingerprint density at radius 1 is 0.612 bits per heavy atom. The van der Waals surface area contributed by atoms with Gasteiger partial charge >= 0.3 is 42.3 Å². The average Bonchev–Trinajstić information content (AvgIpc) is 2.58. The Labute approximate surface area is 487 Å². The van der Waals surface area contributed by atoms with Gasteiger partial charge in [0.15, 0.2) is 19.2 Å². The van der Waals surface area contributed by atoms with Gasteiger partial charge in [0.2, 0.25) is 23.8 Å². The quantitative estimate of drug-likeness (QED) is 0.0167. The van der Waals surface area contributed by atoms with Crippen LogP contribution in [0.5, 0.6) is 12.0 Å². The van der Waals surface area contributed by atoms with Crippen LogP contribution >= 0.6 is 23.2 Å². The second-order valence-electron chi connectivity index (χ2n) is 18.6. The lowest BCUT2D eigenvalue weighted by molar-refractivity contribution is -0.155. The maximum atomic E-state index is 12.8. The molecule has 0 radical (unpaired) electrons. The van der Waals surface area contributed by atoms with Crippen LogP contribution in [0.25, 0.3) is 0 Å². The molecule has 6 aromatic rings. The molecule has 4 aromatic carbocycles. The molecule has 2 aromatic heterocycles. The number of nitrogens with two attached hydrogens (primary N) is 4. The number of hydrogen-bond acceptors (Lipinski definition) is 19. The number of amidine groups is 1. The molecule has 2 aliphatic carbocycles. The number of nitrogens with zero attached hydrogens (tertiary/aromatic N) is 7. The predicted octanol–water partition coefficient (Wildman–Crippen LogP) is 6.89. The minimum Gasteiger partial charge on any atom is -0.480 e. The van der Waals surface area contributed by atoms with E-state index in [1.54, 1.807) is 24.3 Å². The van der Waals surface area contributed by atoms with Gasteiger partial charge in [-0.15, -0.1) is 0 Å². The van der Waals surface area contributed by atoms with E-state index in [4.69, 9.17) is 71.2 Å². The molecule has 0 bridgehead atoms. The first kappa shape index (κ1) is 64.6. The maximum Gasteiger partial charge on any atom is 0.422 e. The lowest BCUT2D eigenvalue weighted by atomic mass is 10.1. The van der Waals surface area contributed by atoms with Gasteiger partial charge in [0.1, 0.15) is 12.1 Å². The van der Waals surface area contributed by atoms with E-state index in [9.17, 15) is 50.6 Å². The predicted molar refractivity (Wildman–Crippen MR) is 297 cm³/mol. The van der Waals surface area contributed by atoms with Crippen molar-refractivity contribution in [3.63, 3.8) is 0 Å². The van der Waals surface area contributed by atoms with Gasteiger partial charge < -0.3 is 74.3 Å². The molecule has 2 fully saturated rings. The summed E-state index contributed by atoms with van der Waals surface area (Å²) in [5.41, 5.74) is 22.3. The summed E-state index contributed by atoms with van der Waals surface area (Å²) in [5.74, 6) is -4.73. The van der Waals surface area contributed by atoms with Gasteiger partial charge in [0.25, 0.3) is 5.91 Å². The maximum absolute atomic E-state index is 12.8. The Kier molecular flexibility index (Phi) is 21.4. The number of carbonyl (C=O) groups is 4. The Morgan fingerprint density at radius 2 is 1.01 bits per heavy atom. The third kappa shape index (κ3) is 21.0. The molecule has 85 heavy (non-hydrogen) atoms. The second-order valence-corrected chi connectivity index (χ2v) is 19.5. The van der Waals surface area contributed by atoms with E-state index in [0.717, 1.165) is 36.8 Å². The number of rotatable bonds is 24. The van der Waals surface area contributed by atoms with Crippen molar-refractivity contribution in [1.29, 1.82) is 5.41 Å². The number of aliphatic carboxylic acids is 2. The van der Waals surface area contributed by atoms with Gasteiger partial charge in [-0.25, -0.2) is 9.59 Å². The highest BCUT2D eigenvalue weighted by molar-refractivity contribution is 6.30. The molecule has 452 valence electrons. The number of benzene rings is 4. The fourth-order valence-corrected chi connectivity index (χ4v) is 7.52. The minimum absolute atomic E-state index is 0.0198. The smallest absolute Gasteiger partial charge is 0.422 e. The molecule has 0 unspecified atom stereocenters. The summed E-state index contributed by atoms with van der Waals surface area (Å²) in [6.07, 6.45) is -5.75. The van der Waals surface area contributed by atoms with E-state index in [2.05, 4.69) is 61.5 Å². The van der Waals surface area contributed by atoms with Gasteiger partial charge in [0, 0.05) is 33.4 Å². The third-order valence-electron chi connectivity index (χ3n) is 11.8. The van der Waals surface area contributed by atoms with Crippen LogP contribution in [-0.4, -0.2) is 125 Å². The molecule has 0 spiro atoms. The molecule has 1 amide bonds. The van der Waals surface area contributed by atoms with Gasteiger partial charge in [-0.2, -0.15) is 56.2 Å². The van der Waals surface area contributed by atoms with E-state index in [-0.39, 0.29) is 66.1 Å². The van der Waals surface area contributed by atoms with Gasteiger partial charge in [-0.05, 0) is 116 Å². The van der Waals surface area contributed by atoms with Crippen molar-refractivity contribution in [1.82, 2.24) is 35.2 Å². The highest BCUT2D eigenvalue weighted by atomic mass is 35.5. The number of nitrogens with one attached hydrogen (secondary N) is 6. The molecule has 2 atom stereocenters. The van der Waals surface area contributed by atoms with E-state index in [0.29, 0.717) is 21.4 Å². The van der Waals surface area contributed by atoms with Crippen molar-refractivity contribution in [2.24, 2.45) is 27.9 Å². The summed E-state index contributed by atoms with van der Waals surface area (Å²) in [7, 11) is 0. The molecule has 2 heterocycles. The first-order valence-electron chi connectivity index (χ1n) is 24.9. The normalized spacial score (nSPS) is 14.1. The van der Waals surface area contributed by atoms with Crippen LogP contribution < -0.4 is 59.0 Å². The standard InChI is InChI=1S/C25H25ClF3N9O4.C21H17ClF3N5O3.C5H11N3O2/c26-15-5-3-14(4-6-15)24(9-10-24)38-22-35-21(36-23(37-22)42-12-25(27,28)29)33-16-7-1-13(2-8-16)18(39)34-17(19(40)41)11-32-20(30)31;22-14-5-3-13(4-6-14)20(9-10-20)30-18-27-17(28-19(29-18)33-11-21(23,24)25)26-15-7-1-12(2-8-15)16(31)32;6-3(5(9)10)1-2-4(7)8/h1-8,17H,9-12H2,(H,34,39)(H,40,41)(H4,30,31,32)(H2,33,35,36,37,38);1-8H,9-11H2,(H,31,32)(H2,26,27,28,29,30);3H,1-2,6H2,(H3,7,8)(H,9,10)/t17-;;3-/m0.0/s1. The Balaban J connectivity index is 0.000000239. The van der Waals surface area contributed by atoms with Crippen molar-refractivity contribution in [3.8, 4) is 12.0 Å². The monoisotopic (exact) mass is 1230 g/mol. The molecule has 0 aliphatic heterocycles. The Bertz CT molecular complexity index is 3340. The number of aliphatic imine (C=N–C) groups is 1. The fraction of sp³-hybridized carbons (Fsp3) is 0.294. The Morgan fingerprint density at radius 3 is 1.35 bits per heavy atom. The average molecular weight is 1230 g/mol. The number of aromatic carboxylic acids is 1. The SMILES string of the molecule is N=C(N)CC[C@H](N)C(=O)O.NC(N)=NC[C@H](NC(=O)c1ccc(Nc2nc(NC3(c4ccc(Cl)cc4)CC3)nc(OCC(F)(F)F)n2)cc1)C(=O)O.O=C(O)c1ccc(Nc2nc(NC3(c4ccc(Cl)cc4)CC3)nc(OCC(F)(F)F)n2)cc1.